The topological polar surface area (TPSA) is 63.1 Å². The van der Waals surface area contributed by atoms with E-state index in [1.165, 1.54) is 12.4 Å². The van der Waals surface area contributed by atoms with Crippen molar-refractivity contribution in [3.05, 3.63) is 65.5 Å². The van der Waals surface area contributed by atoms with Crippen LogP contribution in [0.2, 0.25) is 0 Å². The van der Waals surface area contributed by atoms with Crippen molar-refractivity contribution in [1.82, 2.24) is 9.97 Å². The van der Waals surface area contributed by atoms with Gasteiger partial charge < -0.3 is 5.11 Å². The normalized spacial score (nSPS) is 20.7. The fraction of sp³-hybridized carbons (Fsp3) is 0.235. The van der Waals surface area contributed by atoms with Crippen LogP contribution in [0, 0.1) is 12.7 Å². The third-order valence-corrected chi connectivity index (χ3v) is 4.27. The van der Waals surface area contributed by atoms with Crippen LogP contribution in [0.4, 0.5) is 4.39 Å². The van der Waals surface area contributed by atoms with Gasteiger partial charge in [-0.1, -0.05) is 18.2 Å². The minimum Gasteiger partial charge on any atom is -0.480 e. The molecule has 1 N–H and O–H groups in total. The van der Waals surface area contributed by atoms with Gasteiger partial charge in [0.05, 0.1) is 0 Å². The molecule has 1 aromatic heterocycles. The molecule has 112 valence electrons. The van der Waals surface area contributed by atoms with Gasteiger partial charge in [-0.25, -0.2) is 14.4 Å². The number of hydrogen-bond acceptors (Lipinski definition) is 3. The first-order chi connectivity index (χ1) is 10.5. The summed E-state index contributed by atoms with van der Waals surface area (Å²) >= 11 is 0. The second-order valence-corrected chi connectivity index (χ2v) is 5.49. The van der Waals surface area contributed by atoms with Gasteiger partial charge in [-0.3, -0.25) is 4.79 Å². The van der Waals surface area contributed by atoms with Gasteiger partial charge in [0.2, 0.25) is 0 Å². The molecule has 0 aliphatic heterocycles. The quantitative estimate of drug-likeness (QED) is 0.945. The molecule has 1 aromatic carbocycles. The Morgan fingerprint density at radius 3 is 2.73 bits per heavy atom. The van der Waals surface area contributed by atoms with Crippen LogP contribution in [-0.4, -0.2) is 21.0 Å². The fourth-order valence-corrected chi connectivity index (χ4v) is 3.05. The van der Waals surface area contributed by atoms with Crippen LogP contribution in [0.5, 0.6) is 0 Å². The number of carboxylic acids is 1. The summed E-state index contributed by atoms with van der Waals surface area (Å²) in [5.41, 5.74) is 1.38. The molecular weight excluding hydrogens is 283 g/mol. The largest absolute Gasteiger partial charge is 0.480 e. The lowest BCUT2D eigenvalue weighted by Gasteiger charge is -2.24. The molecule has 0 amide bonds. The Labute approximate surface area is 127 Å². The molecule has 4 nitrogen and oxygen atoms in total. The molecule has 5 heteroatoms. The summed E-state index contributed by atoms with van der Waals surface area (Å²) in [6, 6.07) is 4.59. The molecule has 0 radical (unpaired) electrons. The Hall–Kier alpha value is -2.56. The van der Waals surface area contributed by atoms with Crippen molar-refractivity contribution in [3.63, 3.8) is 0 Å². The Morgan fingerprint density at radius 2 is 2.05 bits per heavy atom. The van der Waals surface area contributed by atoms with E-state index in [1.54, 1.807) is 37.5 Å². The highest BCUT2D eigenvalue weighted by Crippen LogP contribution is 2.44. The molecule has 1 heterocycles. The van der Waals surface area contributed by atoms with E-state index in [0.29, 0.717) is 24.0 Å². The van der Waals surface area contributed by atoms with E-state index in [-0.39, 0.29) is 5.82 Å². The van der Waals surface area contributed by atoms with Crippen LogP contribution in [0.1, 0.15) is 29.5 Å². The summed E-state index contributed by atoms with van der Waals surface area (Å²) in [6.07, 6.45) is 7.47. The lowest BCUT2D eigenvalue weighted by Crippen LogP contribution is -2.32. The van der Waals surface area contributed by atoms with Crippen molar-refractivity contribution >= 4 is 11.5 Å². The maximum Gasteiger partial charge on any atom is 0.318 e. The lowest BCUT2D eigenvalue weighted by atomic mass is 9.78. The van der Waals surface area contributed by atoms with Crippen molar-refractivity contribution < 1.29 is 14.3 Å². The molecule has 2 aromatic rings. The summed E-state index contributed by atoms with van der Waals surface area (Å²) in [5.74, 6) is -1.35. The van der Waals surface area contributed by atoms with Gasteiger partial charge in [-0.2, -0.15) is 0 Å². The van der Waals surface area contributed by atoms with Crippen LogP contribution >= 0.6 is 0 Å². The standard InChI is InChI=1S/C17H15FN2O2/c1-11-14(3-2-4-15(11)18)17(16(21)22)6-5-12(7-17)13-8-19-10-20-9-13/h2-4,7-10H,5-6H2,1H3,(H,21,22). The summed E-state index contributed by atoms with van der Waals surface area (Å²) in [7, 11) is 0. The van der Waals surface area contributed by atoms with E-state index >= 15 is 0 Å². The fourth-order valence-electron chi connectivity index (χ4n) is 3.05. The van der Waals surface area contributed by atoms with E-state index in [9.17, 15) is 14.3 Å². The van der Waals surface area contributed by atoms with Crippen molar-refractivity contribution in [2.24, 2.45) is 0 Å². The molecule has 1 atom stereocenters. The number of carbonyl (C=O) groups is 1. The summed E-state index contributed by atoms with van der Waals surface area (Å²) in [6.45, 7) is 1.62. The first-order valence-corrected chi connectivity index (χ1v) is 7.01. The van der Waals surface area contributed by atoms with Gasteiger partial charge in [-0.15, -0.1) is 0 Å². The molecule has 0 fully saturated rings. The molecule has 0 saturated heterocycles. The molecule has 0 bridgehead atoms. The van der Waals surface area contributed by atoms with E-state index in [0.717, 1.165) is 11.1 Å². The van der Waals surface area contributed by atoms with Gasteiger partial charge in [0.25, 0.3) is 0 Å². The zero-order valence-electron chi connectivity index (χ0n) is 12.1. The number of allylic oxidation sites excluding steroid dienone is 1. The molecule has 3 rings (SSSR count). The lowest BCUT2D eigenvalue weighted by molar-refractivity contribution is -0.141. The maximum absolute atomic E-state index is 13.9. The Morgan fingerprint density at radius 1 is 1.32 bits per heavy atom. The number of aliphatic carboxylic acids is 1. The third-order valence-electron chi connectivity index (χ3n) is 4.27. The Balaban J connectivity index is 2.14. The van der Waals surface area contributed by atoms with E-state index in [2.05, 4.69) is 9.97 Å². The average Bonchev–Trinajstić information content (AvgIpc) is 2.97. The van der Waals surface area contributed by atoms with E-state index < -0.39 is 11.4 Å². The monoisotopic (exact) mass is 298 g/mol. The highest BCUT2D eigenvalue weighted by Gasteiger charge is 2.43. The number of carboxylic acid groups (broad SMARTS) is 1. The molecule has 0 spiro atoms. The average molecular weight is 298 g/mol. The number of halogens is 1. The number of hydrogen-bond donors (Lipinski definition) is 1. The third kappa shape index (κ3) is 2.19. The van der Waals surface area contributed by atoms with E-state index in [4.69, 9.17) is 0 Å². The van der Waals surface area contributed by atoms with Gasteiger partial charge in [0, 0.05) is 18.0 Å². The van der Waals surface area contributed by atoms with Gasteiger partial charge in [-0.05, 0) is 42.5 Å². The van der Waals surface area contributed by atoms with Crippen molar-refractivity contribution in [2.45, 2.75) is 25.2 Å². The van der Waals surface area contributed by atoms with Crippen LogP contribution in [-0.2, 0) is 10.2 Å². The Bertz CT molecular complexity index is 759. The highest BCUT2D eigenvalue weighted by molar-refractivity contribution is 5.90. The first-order valence-electron chi connectivity index (χ1n) is 7.01. The minimum absolute atomic E-state index is 0.381. The van der Waals surface area contributed by atoms with E-state index in [1.807, 2.05) is 0 Å². The highest BCUT2D eigenvalue weighted by atomic mass is 19.1. The zero-order chi connectivity index (χ0) is 15.7. The van der Waals surface area contributed by atoms with Crippen LogP contribution in [0.3, 0.4) is 0 Å². The van der Waals surface area contributed by atoms with Crippen LogP contribution in [0.15, 0.2) is 43.0 Å². The maximum atomic E-state index is 13.9. The zero-order valence-corrected chi connectivity index (χ0v) is 12.1. The smallest absolute Gasteiger partial charge is 0.318 e. The van der Waals surface area contributed by atoms with Crippen molar-refractivity contribution in [2.75, 3.05) is 0 Å². The van der Waals surface area contributed by atoms with Crippen molar-refractivity contribution in [1.29, 1.82) is 0 Å². The molecule has 1 unspecified atom stereocenters. The number of benzene rings is 1. The van der Waals surface area contributed by atoms with Gasteiger partial charge in [0.15, 0.2) is 0 Å². The second-order valence-electron chi connectivity index (χ2n) is 5.49. The molecular formula is C17H15FN2O2. The SMILES string of the molecule is Cc1c(F)cccc1C1(C(=O)O)C=C(c2cncnc2)CC1. The number of nitrogens with zero attached hydrogens (tertiary/aromatic N) is 2. The number of rotatable bonds is 3. The van der Waals surface area contributed by atoms with Gasteiger partial charge >= 0.3 is 5.97 Å². The summed E-state index contributed by atoms with van der Waals surface area (Å²) in [4.78, 5) is 19.9. The minimum atomic E-state index is -1.20. The first kappa shape index (κ1) is 14.4. The summed E-state index contributed by atoms with van der Waals surface area (Å²) < 4.78 is 13.9. The predicted octanol–water partition coefficient (Wildman–Crippen LogP) is 3.12. The summed E-state index contributed by atoms with van der Waals surface area (Å²) in [5, 5.41) is 9.80. The Kier molecular flexibility index (Phi) is 3.48. The van der Waals surface area contributed by atoms with Crippen LogP contribution < -0.4 is 0 Å². The van der Waals surface area contributed by atoms with Crippen molar-refractivity contribution in [3.8, 4) is 0 Å². The van der Waals surface area contributed by atoms with Gasteiger partial charge in [0.1, 0.15) is 17.6 Å². The predicted molar refractivity (Wildman–Crippen MR) is 79.7 cm³/mol. The molecule has 1 aliphatic rings. The van der Waals surface area contributed by atoms with Crippen LogP contribution in [0.25, 0.3) is 5.57 Å². The molecule has 22 heavy (non-hydrogen) atoms. The molecule has 1 aliphatic carbocycles. The second kappa shape index (κ2) is 5.33. The number of aromatic nitrogens is 2. The molecule has 0 saturated carbocycles.